The molecule has 130 valence electrons. The van der Waals surface area contributed by atoms with E-state index in [2.05, 4.69) is 21.2 Å². The van der Waals surface area contributed by atoms with Gasteiger partial charge in [-0.15, -0.1) is 0 Å². The molecule has 1 aliphatic carbocycles. The summed E-state index contributed by atoms with van der Waals surface area (Å²) in [4.78, 5) is 25.8. The quantitative estimate of drug-likeness (QED) is 0.833. The summed E-state index contributed by atoms with van der Waals surface area (Å²) in [5.41, 5.74) is 0.650. The summed E-state index contributed by atoms with van der Waals surface area (Å²) in [6.45, 7) is 0.704. The van der Waals surface area contributed by atoms with Gasteiger partial charge in [-0.25, -0.2) is 0 Å². The number of hydrogen-bond donors (Lipinski definition) is 1. The number of nitrogens with zero attached hydrogens (tertiary/aromatic N) is 1. The molecule has 1 fully saturated rings. The van der Waals surface area contributed by atoms with Crippen LogP contribution in [0, 0.1) is 5.92 Å². The number of ether oxygens (including phenoxy) is 1. The van der Waals surface area contributed by atoms with Gasteiger partial charge in [-0.3, -0.25) is 14.5 Å². The highest BCUT2D eigenvalue weighted by Crippen LogP contribution is 2.34. The Morgan fingerprint density at radius 2 is 2.08 bits per heavy atom. The number of amides is 2. The lowest BCUT2D eigenvalue weighted by molar-refractivity contribution is -0.125. The van der Waals surface area contributed by atoms with Gasteiger partial charge in [-0.1, -0.05) is 48.0 Å². The second-order valence-electron chi connectivity index (χ2n) is 6.52. The lowest BCUT2D eigenvalue weighted by Crippen LogP contribution is -2.45. The number of fused-ring (bicyclic) bond motifs is 1. The maximum Gasteiger partial charge on any atom is 0.265 e. The predicted molar refractivity (Wildman–Crippen MR) is 96.2 cm³/mol. The summed E-state index contributed by atoms with van der Waals surface area (Å²) < 4.78 is 6.32. The van der Waals surface area contributed by atoms with E-state index in [9.17, 15) is 9.59 Å². The van der Waals surface area contributed by atoms with Crippen LogP contribution in [0.3, 0.4) is 0 Å². The Morgan fingerprint density at radius 1 is 1.29 bits per heavy atom. The highest BCUT2D eigenvalue weighted by Gasteiger charge is 2.27. The van der Waals surface area contributed by atoms with E-state index in [0.717, 1.165) is 16.8 Å². The van der Waals surface area contributed by atoms with Crippen LogP contribution in [0.25, 0.3) is 0 Å². The van der Waals surface area contributed by atoms with Crippen LogP contribution in [0.5, 0.6) is 5.75 Å². The first-order chi connectivity index (χ1) is 11.6. The highest BCUT2D eigenvalue weighted by atomic mass is 79.9. The first-order valence-corrected chi connectivity index (χ1v) is 9.42. The van der Waals surface area contributed by atoms with Crippen molar-refractivity contribution in [2.45, 2.75) is 38.5 Å². The fourth-order valence-corrected chi connectivity index (χ4v) is 3.78. The van der Waals surface area contributed by atoms with Gasteiger partial charge in [0.2, 0.25) is 5.91 Å². The van der Waals surface area contributed by atoms with Crippen molar-refractivity contribution in [2.75, 3.05) is 24.6 Å². The number of benzene rings is 1. The zero-order valence-electron chi connectivity index (χ0n) is 13.7. The molecule has 0 bridgehead atoms. The highest BCUT2D eigenvalue weighted by molar-refractivity contribution is 9.10. The van der Waals surface area contributed by atoms with E-state index in [-0.39, 0.29) is 25.0 Å². The van der Waals surface area contributed by atoms with Crippen molar-refractivity contribution in [1.29, 1.82) is 0 Å². The third-order valence-electron chi connectivity index (χ3n) is 4.77. The number of hydrogen-bond acceptors (Lipinski definition) is 3. The maximum absolute atomic E-state index is 12.2. The molecule has 1 heterocycles. The van der Waals surface area contributed by atoms with Gasteiger partial charge in [-0.2, -0.15) is 0 Å². The Labute approximate surface area is 150 Å². The van der Waals surface area contributed by atoms with Crippen molar-refractivity contribution in [3.8, 4) is 5.75 Å². The van der Waals surface area contributed by atoms with E-state index in [1.165, 1.54) is 37.0 Å². The number of nitrogens with one attached hydrogen (secondary N) is 1. The first-order valence-electron chi connectivity index (χ1n) is 8.63. The van der Waals surface area contributed by atoms with Crippen molar-refractivity contribution < 1.29 is 14.3 Å². The third-order valence-corrected chi connectivity index (χ3v) is 5.26. The number of rotatable bonds is 5. The van der Waals surface area contributed by atoms with Gasteiger partial charge in [-0.05, 0) is 30.5 Å². The first kappa shape index (κ1) is 17.3. The second-order valence-corrected chi connectivity index (χ2v) is 7.44. The molecule has 0 aromatic heterocycles. The molecule has 1 saturated carbocycles. The van der Waals surface area contributed by atoms with Gasteiger partial charge in [0.1, 0.15) is 12.3 Å². The number of carbonyl (C=O) groups is 2. The summed E-state index contributed by atoms with van der Waals surface area (Å²) in [5.74, 6) is 1.06. The van der Waals surface area contributed by atoms with Crippen molar-refractivity contribution in [3.63, 3.8) is 0 Å². The number of anilines is 1. The molecule has 24 heavy (non-hydrogen) atoms. The van der Waals surface area contributed by atoms with E-state index in [0.29, 0.717) is 18.0 Å². The van der Waals surface area contributed by atoms with Gasteiger partial charge < -0.3 is 10.1 Å². The van der Waals surface area contributed by atoms with E-state index in [1.54, 1.807) is 6.07 Å². The normalized spacial score (nSPS) is 18.0. The van der Waals surface area contributed by atoms with Crippen molar-refractivity contribution in [2.24, 2.45) is 5.92 Å². The molecular weight excluding hydrogens is 372 g/mol. The Balaban J connectivity index is 1.53. The van der Waals surface area contributed by atoms with Gasteiger partial charge in [0.25, 0.3) is 5.91 Å². The minimum Gasteiger partial charge on any atom is -0.482 e. The standard InChI is InChI=1S/C18H23BrN2O3/c19-14-6-7-15-16(10-14)24-12-18(23)21(15)11-17(22)20-9-8-13-4-2-1-3-5-13/h6-7,10,13H,1-5,8-9,11-12H2,(H,20,22). The Morgan fingerprint density at radius 3 is 2.88 bits per heavy atom. The zero-order chi connectivity index (χ0) is 16.9. The molecule has 1 N–H and O–H groups in total. The average molecular weight is 395 g/mol. The predicted octanol–water partition coefficient (Wildman–Crippen LogP) is 3.26. The van der Waals surface area contributed by atoms with Crippen LogP contribution in [0.2, 0.25) is 0 Å². The Kier molecular flexibility index (Phi) is 5.76. The molecule has 6 heteroatoms. The van der Waals surface area contributed by atoms with Gasteiger partial charge in [0.15, 0.2) is 6.61 Å². The average Bonchev–Trinajstić information content (AvgIpc) is 2.58. The third kappa shape index (κ3) is 4.29. The Hall–Kier alpha value is -1.56. The number of halogens is 1. The maximum atomic E-state index is 12.2. The van der Waals surface area contributed by atoms with Crippen molar-refractivity contribution in [3.05, 3.63) is 22.7 Å². The molecule has 2 aliphatic rings. The summed E-state index contributed by atoms with van der Waals surface area (Å²) in [6.07, 6.45) is 7.56. The van der Waals surface area contributed by atoms with E-state index >= 15 is 0 Å². The van der Waals surface area contributed by atoms with Gasteiger partial charge in [0, 0.05) is 11.0 Å². The molecule has 0 unspecified atom stereocenters. The van der Waals surface area contributed by atoms with Crippen molar-refractivity contribution in [1.82, 2.24) is 5.32 Å². The zero-order valence-corrected chi connectivity index (χ0v) is 15.3. The molecule has 2 amide bonds. The van der Waals surface area contributed by atoms with Crippen LogP contribution in [0.4, 0.5) is 5.69 Å². The van der Waals surface area contributed by atoms with Crippen LogP contribution >= 0.6 is 15.9 Å². The summed E-state index contributed by atoms with van der Waals surface area (Å²) in [5, 5.41) is 2.96. The molecule has 0 atom stereocenters. The van der Waals surface area contributed by atoms with Crippen LogP contribution in [-0.4, -0.2) is 31.5 Å². The fourth-order valence-electron chi connectivity index (χ4n) is 3.44. The Bertz CT molecular complexity index is 614. The molecule has 1 aliphatic heterocycles. The SMILES string of the molecule is O=C(CN1C(=O)COc2cc(Br)ccc21)NCCC1CCCCC1. The lowest BCUT2D eigenvalue weighted by atomic mass is 9.87. The van der Waals surface area contributed by atoms with Crippen molar-refractivity contribution >= 4 is 33.4 Å². The molecule has 5 nitrogen and oxygen atoms in total. The van der Waals surface area contributed by atoms with Crippen LogP contribution < -0.4 is 15.0 Å². The summed E-state index contributed by atoms with van der Waals surface area (Å²) in [7, 11) is 0. The minimum atomic E-state index is -0.188. The van der Waals surface area contributed by atoms with Crippen LogP contribution in [0.1, 0.15) is 38.5 Å². The largest absolute Gasteiger partial charge is 0.482 e. The van der Waals surface area contributed by atoms with Gasteiger partial charge in [0.05, 0.1) is 5.69 Å². The second kappa shape index (κ2) is 8.01. The monoisotopic (exact) mass is 394 g/mol. The minimum absolute atomic E-state index is 0.0290. The topological polar surface area (TPSA) is 58.6 Å². The van der Waals surface area contributed by atoms with Crippen LogP contribution in [0.15, 0.2) is 22.7 Å². The molecule has 1 aromatic carbocycles. The number of carbonyl (C=O) groups excluding carboxylic acids is 2. The van der Waals surface area contributed by atoms with Gasteiger partial charge >= 0.3 is 0 Å². The van der Waals surface area contributed by atoms with E-state index < -0.39 is 0 Å². The van der Waals surface area contributed by atoms with Crippen LogP contribution in [-0.2, 0) is 9.59 Å². The molecule has 0 radical (unpaired) electrons. The summed E-state index contributed by atoms with van der Waals surface area (Å²) in [6, 6.07) is 5.45. The summed E-state index contributed by atoms with van der Waals surface area (Å²) >= 11 is 3.39. The lowest BCUT2D eigenvalue weighted by Gasteiger charge is -2.29. The fraction of sp³-hybridized carbons (Fsp3) is 0.556. The molecule has 0 saturated heterocycles. The van der Waals surface area contributed by atoms with E-state index in [4.69, 9.17) is 4.74 Å². The van der Waals surface area contributed by atoms with E-state index in [1.807, 2.05) is 12.1 Å². The molecule has 0 spiro atoms. The molecular formula is C18H23BrN2O3. The molecule has 3 rings (SSSR count). The smallest absolute Gasteiger partial charge is 0.265 e. The molecule has 1 aromatic rings.